The van der Waals surface area contributed by atoms with E-state index in [0.29, 0.717) is 6.54 Å². The molecule has 1 rings (SSSR count). The molecule has 4 nitrogen and oxygen atoms in total. The lowest BCUT2D eigenvalue weighted by Gasteiger charge is -2.09. The largest absolute Gasteiger partial charge is 0.478 e. The van der Waals surface area contributed by atoms with E-state index >= 15 is 0 Å². The number of halogens is 1. The van der Waals surface area contributed by atoms with Gasteiger partial charge in [-0.05, 0) is 23.8 Å². The number of carbonyl (C=O) groups is 1. The molecule has 1 atom stereocenters. The van der Waals surface area contributed by atoms with Crippen molar-refractivity contribution in [3.63, 3.8) is 0 Å². The number of aliphatic hydroxyl groups is 1. The van der Waals surface area contributed by atoms with Crippen LogP contribution in [0.4, 0.5) is 5.69 Å². The first-order valence-corrected chi connectivity index (χ1v) is 5.64. The third kappa shape index (κ3) is 5.38. The maximum atomic E-state index is 10.3. The summed E-state index contributed by atoms with van der Waals surface area (Å²) in [5.41, 5.74) is 1.65. The van der Waals surface area contributed by atoms with Crippen molar-refractivity contribution in [3.8, 4) is 0 Å². The molecule has 0 aliphatic rings. The number of aliphatic hydroxyl groups excluding tert-OH is 1. The Balaban J connectivity index is 2.53. The normalized spacial score (nSPS) is 12.6. The summed E-state index contributed by atoms with van der Waals surface area (Å²) in [5, 5.41) is 20.7. The molecule has 0 aromatic heterocycles. The number of benzene rings is 1. The van der Waals surface area contributed by atoms with Gasteiger partial charge in [0.05, 0.1) is 12.0 Å². The van der Waals surface area contributed by atoms with Crippen LogP contribution in [0.5, 0.6) is 0 Å². The number of alkyl halides is 1. The van der Waals surface area contributed by atoms with Crippen molar-refractivity contribution in [2.24, 2.45) is 0 Å². The molecule has 0 saturated heterocycles. The SMILES string of the molecule is O=C(O)C=Cc1ccc(NCC(O)CCl)cc1. The molecule has 5 heteroatoms. The standard InChI is InChI=1S/C12H14ClNO3/c13-7-11(15)8-14-10-4-1-9(2-5-10)3-6-12(16)17/h1-6,11,14-15H,7-8H2,(H,16,17). The third-order valence-corrected chi connectivity index (χ3v) is 2.41. The Labute approximate surface area is 105 Å². The molecule has 17 heavy (non-hydrogen) atoms. The monoisotopic (exact) mass is 255 g/mol. The summed E-state index contributed by atoms with van der Waals surface area (Å²) in [6.45, 7) is 0.383. The van der Waals surface area contributed by atoms with Crippen molar-refractivity contribution in [1.82, 2.24) is 0 Å². The minimum Gasteiger partial charge on any atom is -0.478 e. The first-order valence-electron chi connectivity index (χ1n) is 5.11. The lowest BCUT2D eigenvalue weighted by Crippen LogP contribution is -2.20. The summed E-state index contributed by atoms with van der Waals surface area (Å²) in [6.07, 6.45) is 2.02. The smallest absolute Gasteiger partial charge is 0.328 e. The van der Waals surface area contributed by atoms with Gasteiger partial charge in [0.25, 0.3) is 0 Å². The number of carboxylic acid groups (broad SMARTS) is 1. The summed E-state index contributed by atoms with van der Waals surface area (Å²) < 4.78 is 0. The summed E-state index contributed by atoms with van der Waals surface area (Å²) in [7, 11) is 0. The summed E-state index contributed by atoms with van der Waals surface area (Å²) in [4.78, 5) is 10.3. The number of carboxylic acids is 1. The Morgan fingerprint density at radius 2 is 2.06 bits per heavy atom. The molecular formula is C12H14ClNO3. The van der Waals surface area contributed by atoms with Crippen LogP contribution in [-0.2, 0) is 4.79 Å². The van der Waals surface area contributed by atoms with Crippen molar-refractivity contribution in [2.75, 3.05) is 17.7 Å². The minimum absolute atomic E-state index is 0.187. The van der Waals surface area contributed by atoms with Crippen molar-refractivity contribution in [1.29, 1.82) is 0 Å². The van der Waals surface area contributed by atoms with Crippen molar-refractivity contribution in [2.45, 2.75) is 6.10 Å². The number of rotatable bonds is 6. The molecule has 1 unspecified atom stereocenters. The van der Waals surface area contributed by atoms with Gasteiger partial charge in [0.15, 0.2) is 0 Å². The van der Waals surface area contributed by atoms with Crippen LogP contribution in [0, 0.1) is 0 Å². The third-order valence-electron chi connectivity index (χ3n) is 2.05. The first kappa shape index (κ1) is 13.5. The van der Waals surface area contributed by atoms with Crippen LogP contribution < -0.4 is 5.32 Å². The van der Waals surface area contributed by atoms with Crippen LogP contribution in [0.25, 0.3) is 6.08 Å². The highest BCUT2D eigenvalue weighted by molar-refractivity contribution is 6.18. The Kier molecular flexibility index (Phi) is 5.52. The maximum Gasteiger partial charge on any atom is 0.328 e. The Morgan fingerprint density at radius 3 is 2.59 bits per heavy atom. The lowest BCUT2D eigenvalue weighted by molar-refractivity contribution is -0.131. The predicted molar refractivity (Wildman–Crippen MR) is 68.3 cm³/mol. The van der Waals surface area contributed by atoms with E-state index in [1.165, 1.54) is 6.08 Å². The van der Waals surface area contributed by atoms with Gasteiger partial charge in [0, 0.05) is 18.3 Å². The zero-order valence-corrected chi connectivity index (χ0v) is 9.89. The van der Waals surface area contributed by atoms with Crippen molar-refractivity contribution in [3.05, 3.63) is 35.9 Å². The van der Waals surface area contributed by atoms with E-state index in [1.54, 1.807) is 12.1 Å². The number of nitrogens with one attached hydrogen (secondary N) is 1. The highest BCUT2D eigenvalue weighted by Crippen LogP contribution is 2.10. The minimum atomic E-state index is -0.975. The van der Waals surface area contributed by atoms with Gasteiger partial charge in [-0.3, -0.25) is 0 Å². The number of hydrogen-bond donors (Lipinski definition) is 3. The molecule has 1 aromatic carbocycles. The predicted octanol–water partition coefficient (Wildman–Crippen LogP) is 1.80. The summed E-state index contributed by atoms with van der Waals surface area (Å²) >= 11 is 5.46. The second-order valence-electron chi connectivity index (χ2n) is 3.48. The van der Waals surface area contributed by atoms with Crippen LogP contribution in [-0.4, -0.2) is 34.7 Å². The average Bonchev–Trinajstić information content (AvgIpc) is 2.34. The van der Waals surface area contributed by atoms with Gasteiger partial charge < -0.3 is 15.5 Å². The fourth-order valence-corrected chi connectivity index (χ4v) is 1.28. The van der Waals surface area contributed by atoms with Gasteiger partial charge in [0.2, 0.25) is 0 Å². The van der Waals surface area contributed by atoms with Gasteiger partial charge >= 0.3 is 5.97 Å². The van der Waals surface area contributed by atoms with E-state index in [4.69, 9.17) is 16.7 Å². The van der Waals surface area contributed by atoms with Crippen molar-refractivity contribution >= 4 is 29.3 Å². The fraction of sp³-hybridized carbons (Fsp3) is 0.250. The van der Waals surface area contributed by atoms with E-state index < -0.39 is 12.1 Å². The molecule has 0 saturated carbocycles. The zero-order valence-electron chi connectivity index (χ0n) is 9.14. The molecule has 0 amide bonds. The first-order chi connectivity index (χ1) is 8.11. The second kappa shape index (κ2) is 6.93. The van der Waals surface area contributed by atoms with E-state index in [9.17, 15) is 9.90 Å². The molecule has 3 N–H and O–H groups in total. The Morgan fingerprint density at radius 1 is 1.41 bits per heavy atom. The van der Waals surface area contributed by atoms with E-state index in [0.717, 1.165) is 17.3 Å². The molecule has 0 bridgehead atoms. The van der Waals surface area contributed by atoms with Gasteiger partial charge in [-0.1, -0.05) is 12.1 Å². The number of aliphatic carboxylic acids is 1. The van der Waals surface area contributed by atoms with Gasteiger partial charge in [-0.2, -0.15) is 0 Å². The molecule has 0 fully saturated rings. The molecule has 0 aliphatic heterocycles. The van der Waals surface area contributed by atoms with Crippen LogP contribution in [0.3, 0.4) is 0 Å². The van der Waals surface area contributed by atoms with Gasteiger partial charge in [-0.15, -0.1) is 11.6 Å². The maximum absolute atomic E-state index is 10.3. The highest BCUT2D eigenvalue weighted by Gasteiger charge is 2.00. The van der Waals surface area contributed by atoms with E-state index in [-0.39, 0.29) is 5.88 Å². The number of anilines is 1. The highest BCUT2D eigenvalue weighted by atomic mass is 35.5. The zero-order chi connectivity index (χ0) is 12.7. The van der Waals surface area contributed by atoms with Crippen LogP contribution in [0.15, 0.2) is 30.3 Å². The molecule has 0 radical (unpaired) electrons. The van der Waals surface area contributed by atoms with Crippen molar-refractivity contribution < 1.29 is 15.0 Å². The average molecular weight is 256 g/mol. The number of hydrogen-bond acceptors (Lipinski definition) is 3. The molecule has 0 aliphatic carbocycles. The van der Waals surface area contributed by atoms with Crippen LogP contribution in [0.2, 0.25) is 0 Å². The fourth-order valence-electron chi connectivity index (χ4n) is 1.17. The molecule has 0 heterocycles. The van der Waals surface area contributed by atoms with Gasteiger partial charge in [-0.25, -0.2) is 4.79 Å². The Bertz CT molecular complexity index is 389. The molecule has 0 spiro atoms. The van der Waals surface area contributed by atoms with E-state index in [2.05, 4.69) is 5.32 Å². The molecular weight excluding hydrogens is 242 g/mol. The molecule has 92 valence electrons. The van der Waals surface area contributed by atoms with Gasteiger partial charge in [0.1, 0.15) is 0 Å². The Hall–Kier alpha value is -1.52. The summed E-state index contributed by atoms with van der Waals surface area (Å²) in [5.74, 6) is -0.788. The van der Waals surface area contributed by atoms with E-state index in [1.807, 2.05) is 12.1 Å². The lowest BCUT2D eigenvalue weighted by atomic mass is 10.2. The van der Waals surface area contributed by atoms with Crippen LogP contribution in [0.1, 0.15) is 5.56 Å². The second-order valence-corrected chi connectivity index (χ2v) is 3.79. The topological polar surface area (TPSA) is 69.6 Å². The quantitative estimate of drug-likeness (QED) is 0.536. The van der Waals surface area contributed by atoms with Crippen LogP contribution >= 0.6 is 11.6 Å². The summed E-state index contributed by atoms with van der Waals surface area (Å²) in [6, 6.07) is 7.19. The molecule has 1 aromatic rings.